The normalized spacial score (nSPS) is 17.3. The number of rotatable bonds is 8. The fraction of sp³-hybridized carbons (Fsp3) is 0.444. The molecule has 2 aromatic rings. The van der Waals surface area contributed by atoms with Crippen molar-refractivity contribution in [2.45, 2.75) is 50.2 Å². The lowest BCUT2D eigenvalue weighted by molar-refractivity contribution is -0.170. The Labute approximate surface area is 205 Å². The first-order valence-electron chi connectivity index (χ1n) is 12.0. The van der Waals surface area contributed by atoms with Gasteiger partial charge in [0.15, 0.2) is 5.60 Å². The molecule has 0 radical (unpaired) electrons. The van der Waals surface area contributed by atoms with Crippen molar-refractivity contribution in [3.05, 3.63) is 59.7 Å². The molecule has 2 aromatic carbocycles. The molecule has 1 atom stereocenters. The lowest BCUT2D eigenvalue weighted by atomic mass is 9.91. The Morgan fingerprint density at radius 2 is 1.63 bits per heavy atom. The predicted molar refractivity (Wildman–Crippen MR) is 130 cm³/mol. The number of methoxy groups -OCH3 is 1. The fourth-order valence-electron chi connectivity index (χ4n) is 5.03. The van der Waals surface area contributed by atoms with Gasteiger partial charge in [-0.25, -0.2) is 9.59 Å². The quantitative estimate of drug-likeness (QED) is 0.596. The molecule has 2 N–H and O–H groups in total. The van der Waals surface area contributed by atoms with Crippen LogP contribution in [0.2, 0.25) is 0 Å². The Balaban J connectivity index is 1.23. The van der Waals surface area contributed by atoms with Gasteiger partial charge in [-0.3, -0.25) is 4.79 Å². The summed E-state index contributed by atoms with van der Waals surface area (Å²) in [7, 11) is 1.39. The maximum Gasteiger partial charge on any atom is 0.407 e. The van der Waals surface area contributed by atoms with Crippen LogP contribution in [0.1, 0.15) is 49.7 Å². The standard InChI is InChI=1S/C27H32N2O6/c1-18(11-12-24(30)29-15-13-27(34-2,14-16-29)25(31)32)28-26(33)35-17-23-21-9-5-3-7-19(21)20-8-4-6-10-22(20)23/h3-10,18,23H,11-17H2,1-2H3,(H,28,33)(H,31,32). The van der Waals surface area contributed by atoms with Crippen LogP contribution < -0.4 is 5.32 Å². The third-order valence-corrected chi connectivity index (χ3v) is 7.20. The number of alkyl carbamates (subject to hydrolysis) is 1. The molecular weight excluding hydrogens is 448 g/mol. The highest BCUT2D eigenvalue weighted by atomic mass is 16.5. The minimum absolute atomic E-state index is 0.00541. The van der Waals surface area contributed by atoms with Gasteiger partial charge in [-0.2, -0.15) is 0 Å². The molecule has 0 saturated carbocycles. The summed E-state index contributed by atoms with van der Waals surface area (Å²) in [4.78, 5) is 38.2. The van der Waals surface area contributed by atoms with Crippen LogP contribution in [0.15, 0.2) is 48.5 Å². The van der Waals surface area contributed by atoms with Crippen LogP contribution in [0.3, 0.4) is 0 Å². The van der Waals surface area contributed by atoms with Crippen LogP contribution in [0.5, 0.6) is 0 Å². The number of carboxylic acids is 1. The summed E-state index contributed by atoms with van der Waals surface area (Å²) in [6, 6.07) is 16.1. The number of hydrogen-bond donors (Lipinski definition) is 2. The van der Waals surface area contributed by atoms with Crippen molar-refractivity contribution in [3.63, 3.8) is 0 Å². The van der Waals surface area contributed by atoms with E-state index in [-0.39, 0.29) is 43.7 Å². The number of likely N-dealkylation sites (tertiary alicyclic amines) is 1. The number of ether oxygens (including phenoxy) is 2. The summed E-state index contributed by atoms with van der Waals surface area (Å²) in [6.45, 7) is 2.76. The van der Waals surface area contributed by atoms with Crippen molar-refractivity contribution in [2.75, 3.05) is 26.8 Å². The Hall–Kier alpha value is -3.39. The number of benzene rings is 2. The van der Waals surface area contributed by atoms with Crippen LogP contribution in [-0.2, 0) is 19.1 Å². The van der Waals surface area contributed by atoms with Gasteiger partial charge in [-0.15, -0.1) is 0 Å². The Kier molecular flexibility index (Phi) is 7.40. The molecule has 35 heavy (non-hydrogen) atoms. The molecule has 0 bridgehead atoms. The summed E-state index contributed by atoms with van der Waals surface area (Å²) in [5, 5.41) is 12.2. The van der Waals surface area contributed by atoms with Gasteiger partial charge in [0, 0.05) is 51.4 Å². The molecule has 1 fully saturated rings. The average Bonchev–Trinajstić information content (AvgIpc) is 3.19. The van der Waals surface area contributed by atoms with Crippen LogP contribution in [0.4, 0.5) is 4.79 Å². The predicted octanol–water partition coefficient (Wildman–Crippen LogP) is 3.79. The summed E-state index contributed by atoms with van der Waals surface area (Å²) < 4.78 is 10.8. The van der Waals surface area contributed by atoms with E-state index in [1.807, 2.05) is 31.2 Å². The molecule has 1 aliphatic heterocycles. The van der Waals surface area contributed by atoms with E-state index in [0.717, 1.165) is 11.1 Å². The van der Waals surface area contributed by atoms with Gasteiger partial charge in [0.05, 0.1) is 0 Å². The molecule has 0 spiro atoms. The zero-order valence-electron chi connectivity index (χ0n) is 20.2. The maximum absolute atomic E-state index is 12.6. The van der Waals surface area contributed by atoms with Crippen molar-refractivity contribution < 1.29 is 29.0 Å². The molecule has 1 aliphatic carbocycles. The molecule has 2 amide bonds. The van der Waals surface area contributed by atoms with Gasteiger partial charge in [0.1, 0.15) is 6.61 Å². The van der Waals surface area contributed by atoms with E-state index in [4.69, 9.17) is 9.47 Å². The second-order valence-corrected chi connectivity index (χ2v) is 9.29. The number of piperidine rings is 1. The maximum atomic E-state index is 12.6. The summed E-state index contributed by atoms with van der Waals surface area (Å²) in [5.74, 6) is -1.05. The van der Waals surface area contributed by atoms with Gasteiger partial charge >= 0.3 is 12.1 Å². The Morgan fingerprint density at radius 3 is 2.17 bits per heavy atom. The second kappa shape index (κ2) is 10.5. The number of carbonyl (C=O) groups excluding carboxylic acids is 2. The van der Waals surface area contributed by atoms with E-state index in [0.29, 0.717) is 19.5 Å². The van der Waals surface area contributed by atoms with Crippen molar-refractivity contribution in [1.82, 2.24) is 10.2 Å². The van der Waals surface area contributed by atoms with Crippen molar-refractivity contribution in [2.24, 2.45) is 0 Å². The number of carboxylic acid groups (broad SMARTS) is 1. The number of fused-ring (bicyclic) bond motifs is 3. The third kappa shape index (κ3) is 5.17. The molecule has 0 aromatic heterocycles. The first-order chi connectivity index (χ1) is 16.8. The van der Waals surface area contributed by atoms with Crippen LogP contribution in [0.25, 0.3) is 11.1 Å². The zero-order valence-corrected chi connectivity index (χ0v) is 20.2. The first-order valence-corrected chi connectivity index (χ1v) is 12.0. The molecule has 8 nitrogen and oxygen atoms in total. The number of nitrogens with one attached hydrogen (secondary N) is 1. The highest BCUT2D eigenvalue weighted by Crippen LogP contribution is 2.44. The van der Waals surface area contributed by atoms with Gasteiger partial charge in [-0.1, -0.05) is 48.5 Å². The molecule has 2 aliphatic rings. The summed E-state index contributed by atoms with van der Waals surface area (Å²) >= 11 is 0. The number of amides is 2. The van der Waals surface area contributed by atoms with Gasteiger partial charge in [-0.05, 0) is 35.6 Å². The minimum Gasteiger partial charge on any atom is -0.479 e. The van der Waals surface area contributed by atoms with E-state index in [1.165, 1.54) is 18.2 Å². The average molecular weight is 481 g/mol. The number of aliphatic carboxylic acids is 1. The number of hydrogen-bond acceptors (Lipinski definition) is 5. The van der Waals surface area contributed by atoms with Crippen LogP contribution in [0, 0.1) is 0 Å². The largest absolute Gasteiger partial charge is 0.479 e. The lowest BCUT2D eigenvalue weighted by Gasteiger charge is -2.37. The van der Waals surface area contributed by atoms with Gasteiger partial charge < -0.3 is 24.8 Å². The minimum atomic E-state index is -1.21. The van der Waals surface area contributed by atoms with E-state index in [2.05, 4.69) is 29.6 Å². The van der Waals surface area contributed by atoms with E-state index in [1.54, 1.807) is 4.90 Å². The van der Waals surface area contributed by atoms with E-state index < -0.39 is 17.7 Å². The molecule has 8 heteroatoms. The van der Waals surface area contributed by atoms with E-state index >= 15 is 0 Å². The van der Waals surface area contributed by atoms with Crippen LogP contribution >= 0.6 is 0 Å². The highest BCUT2D eigenvalue weighted by molar-refractivity contribution is 5.80. The molecular formula is C27H32N2O6. The van der Waals surface area contributed by atoms with Crippen molar-refractivity contribution in [1.29, 1.82) is 0 Å². The SMILES string of the molecule is COC1(C(=O)O)CCN(C(=O)CCC(C)NC(=O)OCC2c3ccccc3-c3ccccc32)CC1. The molecule has 1 heterocycles. The first kappa shape index (κ1) is 24.7. The molecule has 4 rings (SSSR count). The number of carbonyl (C=O) groups is 3. The molecule has 186 valence electrons. The van der Waals surface area contributed by atoms with Crippen molar-refractivity contribution >= 4 is 18.0 Å². The molecule has 1 saturated heterocycles. The third-order valence-electron chi connectivity index (χ3n) is 7.20. The Morgan fingerprint density at radius 1 is 1.06 bits per heavy atom. The fourth-order valence-corrected chi connectivity index (χ4v) is 5.03. The second-order valence-electron chi connectivity index (χ2n) is 9.29. The molecule has 1 unspecified atom stereocenters. The summed E-state index contributed by atoms with van der Waals surface area (Å²) in [6.07, 6.45) is 0.748. The zero-order chi connectivity index (χ0) is 25.0. The smallest absolute Gasteiger partial charge is 0.407 e. The highest BCUT2D eigenvalue weighted by Gasteiger charge is 2.42. The topological polar surface area (TPSA) is 105 Å². The van der Waals surface area contributed by atoms with Gasteiger partial charge in [0.2, 0.25) is 5.91 Å². The Bertz CT molecular complexity index is 1050. The number of nitrogens with zero attached hydrogens (tertiary/aromatic N) is 1. The van der Waals surface area contributed by atoms with Gasteiger partial charge in [0.25, 0.3) is 0 Å². The lowest BCUT2D eigenvalue weighted by Crippen LogP contribution is -2.52. The summed E-state index contributed by atoms with van der Waals surface area (Å²) in [5.41, 5.74) is 3.44. The van der Waals surface area contributed by atoms with Crippen molar-refractivity contribution in [3.8, 4) is 11.1 Å². The van der Waals surface area contributed by atoms with Crippen LogP contribution in [-0.4, -0.2) is 66.4 Å². The monoisotopic (exact) mass is 480 g/mol. The van der Waals surface area contributed by atoms with E-state index in [9.17, 15) is 19.5 Å².